The van der Waals surface area contributed by atoms with Gasteiger partial charge in [-0.15, -0.1) is 0 Å². The molecule has 0 aromatic heterocycles. The Balaban J connectivity index is 1.66. The average molecular weight is 339 g/mol. The van der Waals surface area contributed by atoms with Crippen LogP contribution in [-0.2, 0) is 4.74 Å². The number of benzene rings is 2. The van der Waals surface area contributed by atoms with Crippen LogP contribution in [0.15, 0.2) is 54.6 Å². The summed E-state index contributed by atoms with van der Waals surface area (Å²) < 4.78 is 5.47. The number of hydrogen-bond acceptors (Lipinski definition) is 3. The van der Waals surface area contributed by atoms with E-state index in [1.54, 1.807) is 0 Å². The van der Waals surface area contributed by atoms with Gasteiger partial charge in [-0.05, 0) is 24.6 Å². The topological polar surface area (TPSA) is 53.6 Å². The Kier molecular flexibility index (Phi) is 6.04. The molecule has 2 aromatic carbocycles. The van der Waals surface area contributed by atoms with Crippen molar-refractivity contribution in [2.45, 2.75) is 13.0 Å². The van der Waals surface area contributed by atoms with Crippen LogP contribution < -0.4 is 10.6 Å². The molecule has 1 heterocycles. The van der Waals surface area contributed by atoms with Crippen LogP contribution in [-0.4, -0.2) is 43.8 Å². The smallest absolute Gasteiger partial charge is 0.319 e. The molecule has 5 nitrogen and oxygen atoms in total. The number of carbonyl (C=O) groups is 1. The van der Waals surface area contributed by atoms with Gasteiger partial charge in [0.15, 0.2) is 0 Å². The summed E-state index contributed by atoms with van der Waals surface area (Å²) in [6.45, 7) is 5.87. The molecular formula is C20H25N3O2. The highest BCUT2D eigenvalue weighted by molar-refractivity contribution is 5.89. The molecule has 3 rings (SSSR count). The second-order valence-electron chi connectivity index (χ2n) is 6.28. The largest absolute Gasteiger partial charge is 0.379 e. The molecule has 25 heavy (non-hydrogen) atoms. The summed E-state index contributed by atoms with van der Waals surface area (Å²) >= 11 is 0. The predicted molar refractivity (Wildman–Crippen MR) is 99.8 cm³/mol. The Morgan fingerprint density at radius 3 is 2.60 bits per heavy atom. The van der Waals surface area contributed by atoms with Crippen molar-refractivity contribution in [2.75, 3.05) is 38.2 Å². The summed E-state index contributed by atoms with van der Waals surface area (Å²) in [5.74, 6) is 0. The first kappa shape index (κ1) is 17.5. The molecule has 0 aliphatic carbocycles. The zero-order chi connectivity index (χ0) is 17.5. The van der Waals surface area contributed by atoms with E-state index >= 15 is 0 Å². The van der Waals surface area contributed by atoms with Crippen LogP contribution in [0.3, 0.4) is 0 Å². The monoisotopic (exact) mass is 339 g/mol. The first-order chi connectivity index (χ1) is 12.2. The summed E-state index contributed by atoms with van der Waals surface area (Å²) in [7, 11) is 0. The fraction of sp³-hybridized carbons (Fsp3) is 0.350. The molecule has 1 aliphatic heterocycles. The maximum atomic E-state index is 12.2. The van der Waals surface area contributed by atoms with Gasteiger partial charge in [-0.1, -0.05) is 48.0 Å². The maximum Gasteiger partial charge on any atom is 0.319 e. The summed E-state index contributed by atoms with van der Waals surface area (Å²) in [4.78, 5) is 14.6. The lowest BCUT2D eigenvalue weighted by Crippen LogP contribution is -2.44. The summed E-state index contributed by atoms with van der Waals surface area (Å²) in [5.41, 5.74) is 3.24. The number of aryl methyl sites for hydroxylation is 1. The summed E-state index contributed by atoms with van der Waals surface area (Å²) in [5, 5.41) is 5.88. The molecule has 2 amide bonds. The molecular weight excluding hydrogens is 314 g/mol. The Labute approximate surface area is 149 Å². The van der Waals surface area contributed by atoms with E-state index in [-0.39, 0.29) is 12.1 Å². The third-order valence-corrected chi connectivity index (χ3v) is 4.40. The van der Waals surface area contributed by atoms with Gasteiger partial charge in [0.25, 0.3) is 0 Å². The second kappa shape index (κ2) is 8.65. The van der Waals surface area contributed by atoms with Gasteiger partial charge in [-0.2, -0.15) is 0 Å². The summed E-state index contributed by atoms with van der Waals surface area (Å²) in [6, 6.07) is 17.9. The molecule has 0 spiro atoms. The van der Waals surface area contributed by atoms with Crippen LogP contribution >= 0.6 is 0 Å². The summed E-state index contributed by atoms with van der Waals surface area (Å²) in [6.07, 6.45) is 0. The Hall–Kier alpha value is -2.37. The number of urea groups is 1. The molecule has 1 unspecified atom stereocenters. The van der Waals surface area contributed by atoms with Crippen LogP contribution in [0.1, 0.15) is 17.2 Å². The minimum absolute atomic E-state index is 0.144. The second-order valence-corrected chi connectivity index (χ2v) is 6.28. The normalized spacial score (nSPS) is 16.2. The van der Waals surface area contributed by atoms with Crippen LogP contribution in [0.25, 0.3) is 0 Å². The number of para-hydroxylation sites is 1. The SMILES string of the molecule is Cc1cccc(C(CNC(=O)Nc2ccccc2)N2CCOCC2)c1. The van der Waals surface area contributed by atoms with Crippen molar-refractivity contribution >= 4 is 11.7 Å². The van der Waals surface area contributed by atoms with Gasteiger partial charge in [0.05, 0.1) is 19.3 Å². The van der Waals surface area contributed by atoms with E-state index in [1.807, 2.05) is 30.3 Å². The molecule has 0 bridgehead atoms. The van der Waals surface area contributed by atoms with Gasteiger partial charge in [-0.3, -0.25) is 4.90 Å². The van der Waals surface area contributed by atoms with E-state index in [1.165, 1.54) is 11.1 Å². The van der Waals surface area contributed by atoms with Gasteiger partial charge >= 0.3 is 6.03 Å². The Bertz CT molecular complexity index is 684. The number of ether oxygens (including phenoxy) is 1. The number of rotatable bonds is 5. The van der Waals surface area contributed by atoms with Crippen LogP contribution in [0, 0.1) is 6.92 Å². The highest BCUT2D eigenvalue weighted by Gasteiger charge is 2.23. The van der Waals surface area contributed by atoms with Gasteiger partial charge < -0.3 is 15.4 Å². The van der Waals surface area contributed by atoms with Gasteiger partial charge in [0, 0.05) is 25.3 Å². The molecule has 1 fully saturated rings. The van der Waals surface area contributed by atoms with E-state index in [2.05, 4.69) is 46.7 Å². The highest BCUT2D eigenvalue weighted by atomic mass is 16.5. The zero-order valence-corrected chi connectivity index (χ0v) is 14.6. The lowest BCUT2D eigenvalue weighted by atomic mass is 10.0. The Morgan fingerprint density at radius 1 is 1.12 bits per heavy atom. The number of nitrogens with zero attached hydrogens (tertiary/aromatic N) is 1. The average Bonchev–Trinajstić information content (AvgIpc) is 2.64. The van der Waals surface area contributed by atoms with Crippen molar-refractivity contribution in [1.82, 2.24) is 10.2 Å². The van der Waals surface area contributed by atoms with Crippen LogP contribution in [0.4, 0.5) is 10.5 Å². The Morgan fingerprint density at radius 2 is 1.88 bits per heavy atom. The molecule has 1 atom stereocenters. The van der Waals surface area contributed by atoms with Crippen molar-refractivity contribution in [3.8, 4) is 0 Å². The number of anilines is 1. The van der Waals surface area contributed by atoms with Crippen molar-refractivity contribution in [3.05, 3.63) is 65.7 Å². The van der Waals surface area contributed by atoms with Gasteiger partial charge in [0.2, 0.25) is 0 Å². The number of nitrogens with one attached hydrogen (secondary N) is 2. The molecule has 2 aromatic rings. The van der Waals surface area contributed by atoms with E-state index in [0.29, 0.717) is 6.54 Å². The molecule has 0 radical (unpaired) electrons. The van der Waals surface area contributed by atoms with Crippen molar-refractivity contribution in [1.29, 1.82) is 0 Å². The third kappa shape index (κ3) is 5.05. The number of morpholine rings is 1. The van der Waals surface area contributed by atoms with Crippen LogP contribution in [0.2, 0.25) is 0 Å². The van der Waals surface area contributed by atoms with Crippen molar-refractivity contribution < 1.29 is 9.53 Å². The lowest BCUT2D eigenvalue weighted by molar-refractivity contribution is 0.0168. The zero-order valence-electron chi connectivity index (χ0n) is 14.6. The molecule has 132 valence electrons. The third-order valence-electron chi connectivity index (χ3n) is 4.40. The number of amides is 2. The lowest BCUT2D eigenvalue weighted by Gasteiger charge is -2.35. The minimum atomic E-state index is -0.183. The molecule has 0 saturated carbocycles. The minimum Gasteiger partial charge on any atom is -0.379 e. The van der Waals surface area contributed by atoms with Gasteiger partial charge in [-0.25, -0.2) is 4.79 Å². The van der Waals surface area contributed by atoms with E-state index in [9.17, 15) is 4.79 Å². The molecule has 5 heteroatoms. The predicted octanol–water partition coefficient (Wildman–Crippen LogP) is 3.19. The first-order valence-corrected chi connectivity index (χ1v) is 8.70. The van der Waals surface area contributed by atoms with E-state index in [4.69, 9.17) is 4.74 Å². The molecule has 1 saturated heterocycles. The fourth-order valence-corrected chi connectivity index (χ4v) is 3.11. The standard InChI is InChI=1S/C20H25N3O2/c1-16-6-5-7-17(14-16)19(23-10-12-25-13-11-23)15-21-20(24)22-18-8-3-2-4-9-18/h2-9,14,19H,10-13,15H2,1H3,(H2,21,22,24). The first-order valence-electron chi connectivity index (χ1n) is 8.70. The van der Waals surface area contributed by atoms with Gasteiger partial charge in [0.1, 0.15) is 0 Å². The number of carbonyl (C=O) groups excluding carboxylic acids is 1. The van der Waals surface area contributed by atoms with Crippen LogP contribution in [0.5, 0.6) is 0 Å². The fourth-order valence-electron chi connectivity index (χ4n) is 3.11. The highest BCUT2D eigenvalue weighted by Crippen LogP contribution is 2.22. The maximum absolute atomic E-state index is 12.2. The molecule has 2 N–H and O–H groups in total. The van der Waals surface area contributed by atoms with E-state index < -0.39 is 0 Å². The van der Waals surface area contributed by atoms with Crippen molar-refractivity contribution in [2.24, 2.45) is 0 Å². The quantitative estimate of drug-likeness (QED) is 0.880. The van der Waals surface area contributed by atoms with E-state index in [0.717, 1.165) is 32.0 Å². The number of hydrogen-bond donors (Lipinski definition) is 2. The molecule has 1 aliphatic rings. The van der Waals surface area contributed by atoms with Crippen molar-refractivity contribution in [3.63, 3.8) is 0 Å².